The number of sulfone groups is 1. The van der Waals surface area contributed by atoms with Crippen LogP contribution in [0.4, 0.5) is 5.69 Å². The SMILES string of the molecule is CN(C(=O)CNc1cccc(C#N)c1)[C@@H]1CCS(=O)(=O)C1. The molecular formula is C14H17N3O3S. The van der Waals surface area contributed by atoms with Gasteiger partial charge in [0, 0.05) is 18.8 Å². The molecule has 1 heterocycles. The normalized spacial score (nSPS) is 19.7. The number of rotatable bonds is 4. The molecule has 0 radical (unpaired) electrons. The number of nitriles is 1. The van der Waals surface area contributed by atoms with Gasteiger partial charge in [-0.25, -0.2) is 8.42 Å². The summed E-state index contributed by atoms with van der Waals surface area (Å²) in [6, 6.07) is 8.64. The van der Waals surface area contributed by atoms with Crippen LogP contribution in [-0.2, 0) is 14.6 Å². The number of amides is 1. The average molecular weight is 307 g/mol. The molecule has 6 nitrogen and oxygen atoms in total. The van der Waals surface area contributed by atoms with Gasteiger partial charge in [-0.1, -0.05) is 6.07 Å². The van der Waals surface area contributed by atoms with Crippen LogP contribution in [0.1, 0.15) is 12.0 Å². The second-order valence-corrected chi connectivity index (χ2v) is 7.34. The standard InChI is InChI=1S/C14H17N3O3S/c1-17(13-5-6-21(19,20)10-13)14(18)9-16-12-4-2-3-11(7-12)8-15/h2-4,7,13,16H,5-6,9-10H2,1H3/t13-/m1/s1. The second kappa shape index (κ2) is 6.14. The molecule has 1 saturated heterocycles. The van der Waals surface area contributed by atoms with Crippen LogP contribution in [0.3, 0.4) is 0 Å². The zero-order valence-electron chi connectivity index (χ0n) is 11.7. The molecule has 0 aromatic heterocycles. The first-order valence-corrected chi connectivity index (χ1v) is 8.43. The Bertz CT molecular complexity index is 679. The molecule has 7 heteroatoms. The number of benzene rings is 1. The fraction of sp³-hybridized carbons (Fsp3) is 0.429. The van der Waals surface area contributed by atoms with Gasteiger partial charge in [0.1, 0.15) is 0 Å². The molecule has 0 unspecified atom stereocenters. The Kier molecular flexibility index (Phi) is 4.48. The number of hydrogen-bond acceptors (Lipinski definition) is 5. The molecule has 0 spiro atoms. The summed E-state index contributed by atoms with van der Waals surface area (Å²) in [5.41, 5.74) is 1.21. The average Bonchev–Trinajstić information content (AvgIpc) is 2.84. The van der Waals surface area contributed by atoms with Crippen molar-refractivity contribution in [1.29, 1.82) is 5.26 Å². The van der Waals surface area contributed by atoms with Gasteiger partial charge in [0.2, 0.25) is 5.91 Å². The van der Waals surface area contributed by atoms with Crippen molar-refractivity contribution < 1.29 is 13.2 Å². The largest absolute Gasteiger partial charge is 0.376 e. The second-order valence-electron chi connectivity index (χ2n) is 5.11. The quantitative estimate of drug-likeness (QED) is 0.880. The van der Waals surface area contributed by atoms with Crippen molar-refractivity contribution in [2.75, 3.05) is 30.4 Å². The van der Waals surface area contributed by atoms with E-state index in [9.17, 15) is 13.2 Å². The van der Waals surface area contributed by atoms with Gasteiger partial charge in [-0.2, -0.15) is 5.26 Å². The highest BCUT2D eigenvalue weighted by Crippen LogP contribution is 2.17. The molecule has 1 fully saturated rings. The summed E-state index contributed by atoms with van der Waals surface area (Å²) >= 11 is 0. The Morgan fingerprint density at radius 3 is 2.90 bits per heavy atom. The van der Waals surface area contributed by atoms with Crippen LogP contribution in [-0.4, -0.2) is 50.4 Å². The number of carbonyl (C=O) groups is 1. The van der Waals surface area contributed by atoms with Crippen molar-refractivity contribution in [3.8, 4) is 6.07 Å². The van der Waals surface area contributed by atoms with E-state index in [4.69, 9.17) is 5.26 Å². The first-order chi connectivity index (χ1) is 9.91. The van der Waals surface area contributed by atoms with Crippen LogP contribution < -0.4 is 5.32 Å². The number of nitrogens with one attached hydrogen (secondary N) is 1. The number of nitrogens with zero attached hydrogens (tertiary/aromatic N) is 2. The van der Waals surface area contributed by atoms with Crippen molar-refractivity contribution >= 4 is 21.4 Å². The Hall–Kier alpha value is -2.07. The number of hydrogen-bond donors (Lipinski definition) is 1. The van der Waals surface area contributed by atoms with Crippen LogP contribution in [0.2, 0.25) is 0 Å². The van der Waals surface area contributed by atoms with Gasteiger partial charge in [-0.15, -0.1) is 0 Å². The van der Waals surface area contributed by atoms with Gasteiger partial charge in [-0.3, -0.25) is 4.79 Å². The highest BCUT2D eigenvalue weighted by molar-refractivity contribution is 7.91. The first-order valence-electron chi connectivity index (χ1n) is 6.61. The minimum absolute atomic E-state index is 0.0408. The smallest absolute Gasteiger partial charge is 0.241 e. The van der Waals surface area contributed by atoms with E-state index < -0.39 is 9.84 Å². The van der Waals surface area contributed by atoms with E-state index in [1.54, 1.807) is 31.3 Å². The maximum absolute atomic E-state index is 12.1. The lowest BCUT2D eigenvalue weighted by atomic mass is 10.2. The molecule has 1 aliphatic heterocycles. The minimum Gasteiger partial charge on any atom is -0.376 e. The van der Waals surface area contributed by atoms with E-state index in [2.05, 4.69) is 5.32 Å². The lowest BCUT2D eigenvalue weighted by Gasteiger charge is -2.23. The van der Waals surface area contributed by atoms with Gasteiger partial charge in [0.15, 0.2) is 9.84 Å². The van der Waals surface area contributed by atoms with Crippen molar-refractivity contribution in [2.45, 2.75) is 12.5 Å². The molecule has 112 valence electrons. The zero-order chi connectivity index (χ0) is 15.5. The molecule has 1 aromatic carbocycles. The van der Waals surface area contributed by atoms with Crippen LogP contribution in [0.15, 0.2) is 24.3 Å². The lowest BCUT2D eigenvalue weighted by molar-refractivity contribution is -0.129. The van der Waals surface area contributed by atoms with Crippen molar-refractivity contribution in [3.63, 3.8) is 0 Å². The molecule has 0 bridgehead atoms. The van der Waals surface area contributed by atoms with Crippen LogP contribution >= 0.6 is 0 Å². The number of carbonyl (C=O) groups excluding carboxylic acids is 1. The maximum atomic E-state index is 12.1. The van der Waals surface area contributed by atoms with Gasteiger partial charge < -0.3 is 10.2 Å². The molecule has 1 atom stereocenters. The Morgan fingerprint density at radius 1 is 1.52 bits per heavy atom. The molecular weight excluding hydrogens is 290 g/mol. The highest BCUT2D eigenvalue weighted by atomic mass is 32.2. The predicted octanol–water partition coefficient (Wildman–Crippen LogP) is 0.616. The van der Waals surface area contributed by atoms with Crippen LogP contribution in [0.5, 0.6) is 0 Å². The monoisotopic (exact) mass is 307 g/mol. The molecule has 1 aromatic rings. The summed E-state index contributed by atoms with van der Waals surface area (Å²) in [4.78, 5) is 13.6. The summed E-state index contributed by atoms with van der Waals surface area (Å²) in [5, 5.41) is 11.8. The predicted molar refractivity (Wildman–Crippen MR) is 79.5 cm³/mol. The third-order valence-corrected chi connectivity index (χ3v) is 5.34. The van der Waals surface area contributed by atoms with Crippen molar-refractivity contribution in [2.24, 2.45) is 0 Å². The lowest BCUT2D eigenvalue weighted by Crippen LogP contribution is -2.40. The molecule has 0 aliphatic carbocycles. The molecule has 0 saturated carbocycles. The molecule has 2 rings (SSSR count). The van der Waals surface area contributed by atoms with E-state index in [1.807, 2.05) is 6.07 Å². The molecule has 1 amide bonds. The Morgan fingerprint density at radius 2 is 2.29 bits per heavy atom. The number of likely N-dealkylation sites (N-methyl/N-ethyl adjacent to an activating group) is 1. The summed E-state index contributed by atoms with van der Waals surface area (Å²) < 4.78 is 22.9. The van der Waals surface area contributed by atoms with Crippen LogP contribution in [0.25, 0.3) is 0 Å². The zero-order valence-corrected chi connectivity index (χ0v) is 12.6. The van der Waals surface area contributed by atoms with E-state index in [-0.39, 0.29) is 30.0 Å². The number of anilines is 1. The Balaban J connectivity index is 1.91. The van der Waals surface area contributed by atoms with Crippen molar-refractivity contribution in [3.05, 3.63) is 29.8 Å². The van der Waals surface area contributed by atoms with E-state index >= 15 is 0 Å². The van der Waals surface area contributed by atoms with E-state index in [1.165, 1.54) is 4.90 Å². The third-order valence-electron chi connectivity index (χ3n) is 3.58. The van der Waals surface area contributed by atoms with E-state index in [0.717, 1.165) is 0 Å². The van der Waals surface area contributed by atoms with Gasteiger partial charge >= 0.3 is 0 Å². The van der Waals surface area contributed by atoms with Gasteiger partial charge in [0.05, 0.1) is 29.7 Å². The highest BCUT2D eigenvalue weighted by Gasteiger charge is 2.32. The summed E-state index contributed by atoms with van der Waals surface area (Å²) in [7, 11) is -1.37. The Labute approximate surface area is 124 Å². The summed E-state index contributed by atoms with van der Waals surface area (Å²) in [6.07, 6.45) is 0.495. The minimum atomic E-state index is -3.00. The summed E-state index contributed by atoms with van der Waals surface area (Å²) in [6.45, 7) is 0.0714. The van der Waals surface area contributed by atoms with E-state index in [0.29, 0.717) is 17.7 Å². The maximum Gasteiger partial charge on any atom is 0.241 e. The first kappa shape index (κ1) is 15.3. The fourth-order valence-corrected chi connectivity index (χ4v) is 4.06. The van der Waals surface area contributed by atoms with Gasteiger partial charge in [0.25, 0.3) is 0 Å². The van der Waals surface area contributed by atoms with Crippen molar-refractivity contribution in [1.82, 2.24) is 4.90 Å². The molecule has 1 N–H and O–H groups in total. The topological polar surface area (TPSA) is 90.3 Å². The molecule has 1 aliphatic rings. The van der Waals surface area contributed by atoms with Crippen LogP contribution in [0, 0.1) is 11.3 Å². The fourth-order valence-electron chi connectivity index (χ4n) is 2.29. The third kappa shape index (κ3) is 3.95. The molecule has 21 heavy (non-hydrogen) atoms. The van der Waals surface area contributed by atoms with Gasteiger partial charge in [-0.05, 0) is 24.6 Å². The summed E-state index contributed by atoms with van der Waals surface area (Å²) in [5.74, 6) is 0.0194.